The van der Waals surface area contributed by atoms with Crippen molar-refractivity contribution in [1.82, 2.24) is 0 Å². The Bertz CT molecular complexity index is 2090. The molecule has 57 heavy (non-hydrogen) atoms. The van der Waals surface area contributed by atoms with E-state index >= 15 is 0 Å². The highest BCUT2D eigenvalue weighted by atomic mass is 14.4. The van der Waals surface area contributed by atoms with E-state index in [9.17, 15) is 0 Å². The molecule has 8 aromatic carbocycles. The molecule has 280 valence electrons. The van der Waals surface area contributed by atoms with E-state index in [-0.39, 0.29) is 23.7 Å². The first-order valence-electron chi connectivity index (χ1n) is 20.5. The molecule has 0 aliphatic carbocycles. The van der Waals surface area contributed by atoms with Crippen molar-refractivity contribution >= 4 is 0 Å². The van der Waals surface area contributed by atoms with E-state index in [2.05, 4.69) is 246 Å². The summed E-state index contributed by atoms with van der Waals surface area (Å²) < 4.78 is 0. The molecule has 8 aromatic rings. The van der Waals surface area contributed by atoms with E-state index < -0.39 is 5.41 Å². The summed E-state index contributed by atoms with van der Waals surface area (Å²) in [5.74, 6) is 1.13. The van der Waals surface area contributed by atoms with E-state index in [1.54, 1.807) is 0 Å². The van der Waals surface area contributed by atoms with Crippen LogP contribution in [-0.2, 0) is 5.41 Å². The first-order valence-corrected chi connectivity index (χ1v) is 20.5. The zero-order valence-corrected chi connectivity index (χ0v) is 33.6. The second-order valence-electron chi connectivity index (χ2n) is 15.8. The summed E-state index contributed by atoms with van der Waals surface area (Å²) in [4.78, 5) is 0. The van der Waals surface area contributed by atoms with Crippen molar-refractivity contribution in [2.45, 2.75) is 56.8 Å². The molecule has 0 spiro atoms. The first kappa shape index (κ1) is 37.7. The predicted octanol–water partition coefficient (Wildman–Crippen LogP) is 14.7. The van der Waals surface area contributed by atoms with Crippen LogP contribution in [0.2, 0.25) is 0 Å². The molecule has 0 saturated heterocycles. The maximum absolute atomic E-state index is 2.39. The molecule has 0 saturated carbocycles. The molecule has 0 fully saturated rings. The summed E-state index contributed by atoms with van der Waals surface area (Å²) in [6, 6.07) is 81.2. The Balaban J connectivity index is 1.30. The maximum atomic E-state index is 2.39. The number of benzene rings is 8. The molecule has 0 heteroatoms. The molecule has 0 aliphatic heterocycles. The number of hydrogen-bond donors (Lipinski definition) is 0. The van der Waals surface area contributed by atoms with Crippen molar-refractivity contribution in [3.8, 4) is 0 Å². The minimum Gasteiger partial charge on any atom is -0.0622 e. The van der Waals surface area contributed by atoms with Crippen LogP contribution in [0.1, 0.15) is 118 Å². The Kier molecular flexibility index (Phi) is 11.1. The van der Waals surface area contributed by atoms with E-state index in [4.69, 9.17) is 0 Å². The molecule has 0 amide bonds. The summed E-state index contributed by atoms with van der Waals surface area (Å²) in [7, 11) is 0. The molecule has 0 nitrogen and oxygen atoms in total. The summed E-state index contributed by atoms with van der Waals surface area (Å²) in [5, 5.41) is 0. The molecule has 0 radical (unpaired) electrons. The fourth-order valence-electron chi connectivity index (χ4n) is 8.82. The Labute approximate surface area is 340 Å². The molecule has 4 atom stereocenters. The smallest absolute Gasteiger partial charge is 0.0622 e. The van der Waals surface area contributed by atoms with Gasteiger partial charge in [-0.3, -0.25) is 0 Å². The molecule has 8 rings (SSSR count). The maximum Gasteiger partial charge on any atom is 0.0701 e. The third-order valence-corrected chi connectivity index (χ3v) is 12.6. The quantitative estimate of drug-likeness (QED) is 0.110. The van der Waals surface area contributed by atoms with Crippen molar-refractivity contribution < 1.29 is 0 Å². The van der Waals surface area contributed by atoms with Gasteiger partial charge in [-0.2, -0.15) is 0 Å². The van der Waals surface area contributed by atoms with Gasteiger partial charge in [-0.25, -0.2) is 0 Å². The van der Waals surface area contributed by atoms with Crippen LogP contribution in [0.5, 0.6) is 0 Å². The third-order valence-electron chi connectivity index (χ3n) is 12.6. The second kappa shape index (κ2) is 16.9. The lowest BCUT2D eigenvalue weighted by Gasteiger charge is -2.38. The third kappa shape index (κ3) is 7.66. The van der Waals surface area contributed by atoms with Gasteiger partial charge >= 0.3 is 0 Å². The number of rotatable bonds is 12. The van der Waals surface area contributed by atoms with Gasteiger partial charge in [-0.05, 0) is 66.8 Å². The molecule has 0 heterocycles. The van der Waals surface area contributed by atoms with Gasteiger partial charge in [-0.15, -0.1) is 0 Å². The minimum atomic E-state index is -0.577. The van der Waals surface area contributed by atoms with Crippen molar-refractivity contribution in [2.24, 2.45) is 0 Å². The normalized spacial score (nSPS) is 13.7. The Morgan fingerprint density at radius 2 is 0.368 bits per heavy atom. The first-order chi connectivity index (χ1) is 27.9. The van der Waals surface area contributed by atoms with E-state index in [0.717, 1.165) is 0 Å². The van der Waals surface area contributed by atoms with Crippen LogP contribution in [0.4, 0.5) is 0 Å². The van der Waals surface area contributed by atoms with Crippen LogP contribution in [0, 0.1) is 0 Å². The Hall–Kier alpha value is -6.24. The van der Waals surface area contributed by atoms with Crippen molar-refractivity contribution in [1.29, 1.82) is 0 Å². The van der Waals surface area contributed by atoms with E-state index in [1.165, 1.54) is 66.8 Å². The molecule has 0 aliphatic rings. The number of hydrogen-bond acceptors (Lipinski definition) is 0. The summed E-state index contributed by atoms with van der Waals surface area (Å²) in [6.07, 6.45) is 0. The summed E-state index contributed by atoms with van der Waals surface area (Å²) >= 11 is 0. The zero-order valence-electron chi connectivity index (χ0n) is 33.6. The largest absolute Gasteiger partial charge is 0.0701 e. The fraction of sp³-hybridized carbons (Fsp3) is 0.158. The van der Waals surface area contributed by atoms with Gasteiger partial charge in [0.05, 0.1) is 5.41 Å². The molecule has 0 unspecified atom stereocenters. The van der Waals surface area contributed by atoms with Gasteiger partial charge in [0.15, 0.2) is 0 Å². The van der Waals surface area contributed by atoms with Crippen LogP contribution in [0.15, 0.2) is 218 Å². The SMILES string of the molecule is C[C@@H](c1ccccc1)c1ccc(C(c2ccc([C@@H](C)c3ccccc3)cc2)(c2ccc([C@@H](C)c3ccccc3)cc2)c2ccc([C@@H](C)c3ccccc3)cc2)cc1. The van der Waals surface area contributed by atoms with Crippen LogP contribution in [0.3, 0.4) is 0 Å². The van der Waals surface area contributed by atoms with Gasteiger partial charge in [0.2, 0.25) is 0 Å². The lowest BCUT2D eigenvalue weighted by molar-refractivity contribution is 0.738. The van der Waals surface area contributed by atoms with Crippen molar-refractivity contribution in [2.75, 3.05) is 0 Å². The summed E-state index contributed by atoms with van der Waals surface area (Å²) in [6.45, 7) is 9.24. The van der Waals surface area contributed by atoms with Crippen LogP contribution in [-0.4, -0.2) is 0 Å². The lowest BCUT2D eigenvalue weighted by atomic mass is 9.64. The van der Waals surface area contributed by atoms with Gasteiger partial charge in [0.25, 0.3) is 0 Å². The Morgan fingerprint density at radius 1 is 0.211 bits per heavy atom. The molecular weight excluding hydrogens is 685 g/mol. The second-order valence-corrected chi connectivity index (χ2v) is 15.8. The van der Waals surface area contributed by atoms with E-state index in [1.807, 2.05) is 0 Å². The van der Waals surface area contributed by atoms with Gasteiger partial charge in [0, 0.05) is 23.7 Å². The highest BCUT2D eigenvalue weighted by Crippen LogP contribution is 2.47. The van der Waals surface area contributed by atoms with Crippen LogP contribution < -0.4 is 0 Å². The standard InChI is InChI=1S/C57H52/c1-41(45-17-9-5-10-18-45)49-25-33-53(34-26-49)57(54-35-27-50(28-36-54)42(2)46-19-11-6-12-20-46,55-37-29-51(30-38-55)43(3)47-21-13-7-14-22-47)56-39-31-52(32-40-56)44(4)48-23-15-8-16-24-48/h5-44H,1-4H3/t41-,42-,43-,44-/m0/s1. The van der Waals surface area contributed by atoms with Crippen LogP contribution in [0.25, 0.3) is 0 Å². The van der Waals surface area contributed by atoms with Crippen molar-refractivity contribution in [3.05, 3.63) is 285 Å². The highest BCUT2D eigenvalue weighted by Gasteiger charge is 2.39. The summed E-state index contributed by atoms with van der Waals surface area (Å²) in [5.41, 5.74) is 15.0. The predicted molar refractivity (Wildman–Crippen MR) is 241 cm³/mol. The molecule has 0 aromatic heterocycles. The Morgan fingerprint density at radius 3 is 0.544 bits per heavy atom. The highest BCUT2D eigenvalue weighted by molar-refractivity contribution is 5.61. The van der Waals surface area contributed by atoms with Gasteiger partial charge in [-0.1, -0.05) is 246 Å². The molecule has 0 bridgehead atoms. The zero-order chi connectivity index (χ0) is 39.2. The van der Waals surface area contributed by atoms with Gasteiger partial charge in [0.1, 0.15) is 0 Å². The van der Waals surface area contributed by atoms with Gasteiger partial charge < -0.3 is 0 Å². The molecule has 0 N–H and O–H groups in total. The topological polar surface area (TPSA) is 0 Å². The fourth-order valence-corrected chi connectivity index (χ4v) is 8.82. The van der Waals surface area contributed by atoms with E-state index in [0.29, 0.717) is 0 Å². The average Bonchev–Trinajstić information content (AvgIpc) is 3.30. The van der Waals surface area contributed by atoms with Crippen LogP contribution >= 0.6 is 0 Å². The lowest BCUT2D eigenvalue weighted by Crippen LogP contribution is -2.31. The average molecular weight is 737 g/mol. The monoisotopic (exact) mass is 736 g/mol. The minimum absolute atomic E-state index is 0.283. The van der Waals surface area contributed by atoms with Crippen molar-refractivity contribution in [3.63, 3.8) is 0 Å². The molecular formula is C57H52.